The predicted octanol–water partition coefficient (Wildman–Crippen LogP) is 2.15. The normalized spacial score (nSPS) is 22.3. The van der Waals surface area contributed by atoms with Crippen LogP contribution in [0.5, 0.6) is 0 Å². The Labute approximate surface area is 118 Å². The van der Waals surface area contributed by atoms with Crippen LogP contribution in [0.2, 0.25) is 0 Å². The Morgan fingerprint density at radius 3 is 2.60 bits per heavy atom. The van der Waals surface area contributed by atoms with Crippen molar-refractivity contribution >= 4 is 11.4 Å². The van der Waals surface area contributed by atoms with Crippen LogP contribution in [0.1, 0.15) is 31.9 Å². The van der Waals surface area contributed by atoms with E-state index in [-0.39, 0.29) is 22.7 Å². The maximum absolute atomic E-state index is 10.9. The Bertz CT molecular complexity index is 523. The molecule has 1 heterocycles. The molecular weight excluding hydrogens is 258 g/mol. The number of hydrogen-bond donors (Lipinski definition) is 2. The third-order valence-electron chi connectivity index (χ3n) is 3.87. The van der Waals surface area contributed by atoms with Crippen LogP contribution in [0, 0.1) is 10.1 Å². The number of nitro groups is 1. The number of nitro benzene ring substituents is 1. The average molecular weight is 279 g/mol. The molecule has 1 aromatic rings. The van der Waals surface area contributed by atoms with Crippen LogP contribution in [0.3, 0.4) is 0 Å². The van der Waals surface area contributed by atoms with Crippen molar-refractivity contribution in [3.8, 4) is 0 Å². The molecule has 0 aliphatic carbocycles. The summed E-state index contributed by atoms with van der Waals surface area (Å²) in [6, 6.07) is 4.78. The van der Waals surface area contributed by atoms with Crippen LogP contribution < -0.4 is 5.32 Å². The first-order chi connectivity index (χ1) is 9.20. The summed E-state index contributed by atoms with van der Waals surface area (Å²) in [5.41, 5.74) is 1.00. The summed E-state index contributed by atoms with van der Waals surface area (Å²) in [6.07, 6.45) is 0.699. The number of rotatable bonds is 3. The Kier molecular flexibility index (Phi) is 3.71. The van der Waals surface area contributed by atoms with E-state index in [0.717, 1.165) is 11.3 Å². The summed E-state index contributed by atoms with van der Waals surface area (Å²) in [5, 5.41) is 24.4. The molecule has 0 saturated heterocycles. The van der Waals surface area contributed by atoms with Gasteiger partial charge in [-0.1, -0.05) is 0 Å². The number of nitrogens with zero attached hydrogens (tertiary/aromatic N) is 2. The number of hydrogen-bond acceptors (Lipinski definition) is 5. The first kappa shape index (κ1) is 14.7. The quantitative estimate of drug-likeness (QED) is 0.654. The largest absolute Gasteiger partial charge is 0.388 e. The molecule has 1 aliphatic rings. The smallest absolute Gasteiger partial charge is 0.269 e. The van der Waals surface area contributed by atoms with E-state index in [1.54, 1.807) is 26.0 Å². The third-order valence-corrected chi connectivity index (χ3v) is 3.87. The average Bonchev–Trinajstić information content (AvgIpc) is 2.35. The van der Waals surface area contributed by atoms with Gasteiger partial charge in [-0.05, 0) is 46.0 Å². The van der Waals surface area contributed by atoms with E-state index in [0.29, 0.717) is 6.42 Å². The standard InChI is InChI=1S/C14H21N3O3/c1-14(2,18)13-8-12(16(3)4)10-7-9(17(19)20)5-6-11(10)15-13/h5-7,12-13,15,18H,8H2,1-4H3. The van der Waals surface area contributed by atoms with E-state index >= 15 is 0 Å². The van der Waals surface area contributed by atoms with Crippen LogP contribution in [-0.2, 0) is 0 Å². The fourth-order valence-electron chi connectivity index (χ4n) is 2.62. The Hall–Kier alpha value is -1.66. The van der Waals surface area contributed by atoms with Gasteiger partial charge < -0.3 is 15.3 Å². The van der Waals surface area contributed by atoms with Gasteiger partial charge in [0.1, 0.15) is 0 Å². The molecule has 6 nitrogen and oxygen atoms in total. The molecule has 6 heteroatoms. The van der Waals surface area contributed by atoms with Crippen molar-refractivity contribution in [3.05, 3.63) is 33.9 Å². The number of fused-ring (bicyclic) bond motifs is 1. The zero-order valence-corrected chi connectivity index (χ0v) is 12.3. The number of non-ortho nitro benzene ring substituents is 1. The second-order valence-corrected chi connectivity index (χ2v) is 6.09. The van der Waals surface area contributed by atoms with Crippen molar-refractivity contribution in [3.63, 3.8) is 0 Å². The van der Waals surface area contributed by atoms with Gasteiger partial charge in [-0.3, -0.25) is 10.1 Å². The van der Waals surface area contributed by atoms with Crippen LogP contribution in [0.4, 0.5) is 11.4 Å². The summed E-state index contributed by atoms with van der Waals surface area (Å²) in [4.78, 5) is 12.6. The highest BCUT2D eigenvalue weighted by molar-refractivity contribution is 5.60. The SMILES string of the molecule is CN(C)C1CC(C(C)(C)O)Nc2ccc([N+](=O)[O-])cc21. The van der Waals surface area contributed by atoms with Gasteiger partial charge in [-0.15, -0.1) is 0 Å². The van der Waals surface area contributed by atoms with Crippen molar-refractivity contribution in [2.24, 2.45) is 0 Å². The van der Waals surface area contributed by atoms with Crippen LogP contribution in [0.25, 0.3) is 0 Å². The Morgan fingerprint density at radius 1 is 1.45 bits per heavy atom. The van der Waals surface area contributed by atoms with Crippen molar-refractivity contribution < 1.29 is 10.0 Å². The lowest BCUT2D eigenvalue weighted by molar-refractivity contribution is -0.384. The van der Waals surface area contributed by atoms with E-state index in [4.69, 9.17) is 0 Å². The number of anilines is 1. The number of nitrogens with one attached hydrogen (secondary N) is 1. The molecule has 2 unspecified atom stereocenters. The van der Waals surface area contributed by atoms with E-state index in [2.05, 4.69) is 5.32 Å². The van der Waals surface area contributed by atoms with Crippen LogP contribution >= 0.6 is 0 Å². The van der Waals surface area contributed by atoms with Gasteiger partial charge in [0.05, 0.1) is 16.6 Å². The van der Waals surface area contributed by atoms with E-state index in [1.165, 1.54) is 6.07 Å². The highest BCUT2D eigenvalue weighted by atomic mass is 16.6. The lowest BCUT2D eigenvalue weighted by Gasteiger charge is -2.41. The molecule has 2 N–H and O–H groups in total. The first-order valence-corrected chi connectivity index (χ1v) is 6.64. The summed E-state index contributed by atoms with van der Waals surface area (Å²) >= 11 is 0. The third kappa shape index (κ3) is 2.76. The molecule has 0 fully saturated rings. The summed E-state index contributed by atoms with van der Waals surface area (Å²) in [6.45, 7) is 3.54. The molecule has 2 rings (SSSR count). The minimum atomic E-state index is -0.853. The van der Waals surface area contributed by atoms with Gasteiger partial charge in [0, 0.05) is 23.9 Å². The number of aliphatic hydroxyl groups is 1. The molecule has 0 aromatic heterocycles. The van der Waals surface area contributed by atoms with E-state index in [1.807, 2.05) is 19.0 Å². The van der Waals surface area contributed by atoms with Gasteiger partial charge in [0.2, 0.25) is 0 Å². The second kappa shape index (κ2) is 5.03. The van der Waals surface area contributed by atoms with Crippen molar-refractivity contribution in [2.75, 3.05) is 19.4 Å². The van der Waals surface area contributed by atoms with Crippen LogP contribution in [0.15, 0.2) is 18.2 Å². The molecule has 0 bridgehead atoms. The molecule has 0 amide bonds. The molecule has 0 spiro atoms. The molecule has 0 radical (unpaired) electrons. The van der Waals surface area contributed by atoms with Gasteiger partial charge in [0.25, 0.3) is 5.69 Å². The summed E-state index contributed by atoms with van der Waals surface area (Å²) in [5.74, 6) is 0. The fourth-order valence-corrected chi connectivity index (χ4v) is 2.62. The summed E-state index contributed by atoms with van der Waals surface area (Å²) < 4.78 is 0. The molecule has 0 saturated carbocycles. The summed E-state index contributed by atoms with van der Waals surface area (Å²) in [7, 11) is 3.89. The predicted molar refractivity (Wildman–Crippen MR) is 77.8 cm³/mol. The minimum absolute atomic E-state index is 0.0441. The van der Waals surface area contributed by atoms with Crippen LogP contribution in [-0.4, -0.2) is 40.7 Å². The Balaban J connectivity index is 2.45. The maximum Gasteiger partial charge on any atom is 0.269 e. The highest BCUT2D eigenvalue weighted by Crippen LogP contribution is 2.39. The lowest BCUT2D eigenvalue weighted by Crippen LogP contribution is -2.47. The fraction of sp³-hybridized carbons (Fsp3) is 0.571. The van der Waals surface area contributed by atoms with Gasteiger partial charge in [-0.25, -0.2) is 0 Å². The van der Waals surface area contributed by atoms with Gasteiger partial charge in [-0.2, -0.15) is 0 Å². The van der Waals surface area contributed by atoms with E-state index < -0.39 is 5.60 Å². The minimum Gasteiger partial charge on any atom is -0.388 e. The lowest BCUT2D eigenvalue weighted by atomic mass is 9.84. The molecule has 1 aromatic carbocycles. The second-order valence-electron chi connectivity index (χ2n) is 6.09. The zero-order chi connectivity index (χ0) is 15.1. The Morgan fingerprint density at radius 2 is 2.10 bits per heavy atom. The van der Waals surface area contributed by atoms with E-state index in [9.17, 15) is 15.2 Å². The number of benzene rings is 1. The zero-order valence-electron chi connectivity index (χ0n) is 12.3. The topological polar surface area (TPSA) is 78.6 Å². The highest BCUT2D eigenvalue weighted by Gasteiger charge is 2.36. The molecule has 1 aliphatic heterocycles. The van der Waals surface area contributed by atoms with Crippen molar-refractivity contribution in [2.45, 2.75) is 38.0 Å². The molecule has 110 valence electrons. The van der Waals surface area contributed by atoms with Crippen molar-refractivity contribution in [1.82, 2.24) is 4.90 Å². The monoisotopic (exact) mass is 279 g/mol. The molecule has 20 heavy (non-hydrogen) atoms. The molecular formula is C14H21N3O3. The van der Waals surface area contributed by atoms with Crippen molar-refractivity contribution in [1.29, 1.82) is 0 Å². The van der Waals surface area contributed by atoms with Gasteiger partial charge >= 0.3 is 0 Å². The first-order valence-electron chi connectivity index (χ1n) is 6.64. The van der Waals surface area contributed by atoms with Gasteiger partial charge in [0.15, 0.2) is 0 Å². The maximum atomic E-state index is 10.9. The molecule has 2 atom stereocenters.